The Labute approximate surface area is 115 Å². The number of carbonyl (C=O) groups is 1. The minimum absolute atomic E-state index is 0.103. The number of rotatable bonds is 4. The molecule has 3 heteroatoms. The van der Waals surface area contributed by atoms with Crippen molar-refractivity contribution in [3.05, 3.63) is 35.9 Å². The molecule has 3 nitrogen and oxygen atoms in total. The maximum atomic E-state index is 12.4. The molecule has 0 spiro atoms. The molecule has 1 amide bonds. The standard InChI is InChI=1S/C16H24N2O/c1-16(2,13-8-4-3-5-9-13)15(19)18-12-14-10-6-7-11-17-14/h3-5,8-9,14,17H,6-7,10-12H2,1-2H3,(H,18,19). The van der Waals surface area contributed by atoms with Crippen LogP contribution in [0, 0.1) is 0 Å². The van der Waals surface area contributed by atoms with E-state index in [4.69, 9.17) is 0 Å². The number of piperidine rings is 1. The first-order valence-electron chi connectivity index (χ1n) is 7.18. The Bertz CT molecular complexity index is 408. The molecule has 0 aliphatic carbocycles. The molecule has 0 bridgehead atoms. The second-order valence-electron chi connectivity index (χ2n) is 5.85. The van der Waals surface area contributed by atoms with Crippen LogP contribution >= 0.6 is 0 Å². The van der Waals surface area contributed by atoms with Gasteiger partial charge in [-0.25, -0.2) is 0 Å². The minimum Gasteiger partial charge on any atom is -0.354 e. The van der Waals surface area contributed by atoms with Gasteiger partial charge in [-0.3, -0.25) is 4.79 Å². The van der Waals surface area contributed by atoms with Crippen LogP contribution in [0.25, 0.3) is 0 Å². The molecule has 2 rings (SSSR count). The minimum atomic E-state index is -0.476. The van der Waals surface area contributed by atoms with Crippen LogP contribution in [0.1, 0.15) is 38.7 Å². The third kappa shape index (κ3) is 3.57. The predicted molar refractivity (Wildman–Crippen MR) is 78.1 cm³/mol. The predicted octanol–water partition coefficient (Wildman–Crippen LogP) is 2.22. The highest BCUT2D eigenvalue weighted by atomic mass is 16.2. The average molecular weight is 260 g/mol. The van der Waals surface area contributed by atoms with Gasteiger partial charge in [0.2, 0.25) is 5.91 Å². The van der Waals surface area contributed by atoms with E-state index in [9.17, 15) is 4.79 Å². The van der Waals surface area contributed by atoms with E-state index in [1.165, 1.54) is 12.8 Å². The summed E-state index contributed by atoms with van der Waals surface area (Å²) in [6.45, 7) is 5.76. The van der Waals surface area contributed by atoms with Crippen molar-refractivity contribution in [1.82, 2.24) is 10.6 Å². The molecule has 1 aromatic rings. The van der Waals surface area contributed by atoms with Crippen LogP contribution in [-0.4, -0.2) is 25.0 Å². The molecule has 1 unspecified atom stereocenters. The van der Waals surface area contributed by atoms with E-state index in [0.717, 1.165) is 25.1 Å². The molecule has 104 valence electrons. The maximum absolute atomic E-state index is 12.4. The van der Waals surface area contributed by atoms with Crippen LogP contribution < -0.4 is 10.6 Å². The fraction of sp³-hybridized carbons (Fsp3) is 0.562. The summed E-state index contributed by atoms with van der Waals surface area (Å²) < 4.78 is 0. The van der Waals surface area contributed by atoms with E-state index in [1.807, 2.05) is 44.2 Å². The van der Waals surface area contributed by atoms with E-state index in [2.05, 4.69) is 10.6 Å². The maximum Gasteiger partial charge on any atom is 0.230 e. The van der Waals surface area contributed by atoms with Crippen molar-refractivity contribution in [3.63, 3.8) is 0 Å². The van der Waals surface area contributed by atoms with Gasteiger partial charge in [0.15, 0.2) is 0 Å². The SMILES string of the molecule is CC(C)(C(=O)NCC1CCCCN1)c1ccccc1. The fourth-order valence-electron chi connectivity index (χ4n) is 2.52. The Kier molecular flexibility index (Phi) is 4.59. The summed E-state index contributed by atoms with van der Waals surface area (Å²) in [6, 6.07) is 10.4. The number of hydrogen-bond donors (Lipinski definition) is 2. The molecule has 19 heavy (non-hydrogen) atoms. The first kappa shape index (κ1) is 14.1. The van der Waals surface area contributed by atoms with Gasteiger partial charge in [0.05, 0.1) is 5.41 Å². The van der Waals surface area contributed by atoms with Crippen molar-refractivity contribution < 1.29 is 4.79 Å². The molecular weight excluding hydrogens is 236 g/mol. The Hall–Kier alpha value is -1.35. The second kappa shape index (κ2) is 6.20. The van der Waals surface area contributed by atoms with E-state index < -0.39 is 5.41 Å². The molecule has 1 saturated heterocycles. The number of amides is 1. The van der Waals surface area contributed by atoms with Crippen molar-refractivity contribution in [2.45, 2.75) is 44.6 Å². The van der Waals surface area contributed by atoms with Crippen LogP contribution in [0.15, 0.2) is 30.3 Å². The van der Waals surface area contributed by atoms with Crippen molar-refractivity contribution in [1.29, 1.82) is 0 Å². The quantitative estimate of drug-likeness (QED) is 0.871. The molecule has 1 aromatic carbocycles. The smallest absolute Gasteiger partial charge is 0.230 e. The number of nitrogens with one attached hydrogen (secondary N) is 2. The Morgan fingerprint density at radius 1 is 1.32 bits per heavy atom. The lowest BCUT2D eigenvalue weighted by Gasteiger charge is -2.28. The highest BCUT2D eigenvalue weighted by molar-refractivity contribution is 5.87. The summed E-state index contributed by atoms with van der Waals surface area (Å²) in [5.41, 5.74) is 0.583. The van der Waals surface area contributed by atoms with Crippen LogP contribution in [0.2, 0.25) is 0 Å². The molecule has 1 aliphatic rings. The normalized spacial score (nSPS) is 20.0. The molecule has 1 atom stereocenters. The molecule has 1 aliphatic heterocycles. The Morgan fingerprint density at radius 3 is 2.68 bits per heavy atom. The van der Waals surface area contributed by atoms with E-state index in [1.54, 1.807) is 0 Å². The van der Waals surface area contributed by atoms with Gasteiger partial charge in [-0.05, 0) is 38.8 Å². The van der Waals surface area contributed by atoms with Gasteiger partial charge in [-0.15, -0.1) is 0 Å². The molecular formula is C16H24N2O. The van der Waals surface area contributed by atoms with Gasteiger partial charge < -0.3 is 10.6 Å². The lowest BCUT2D eigenvalue weighted by Crippen LogP contribution is -2.47. The Morgan fingerprint density at radius 2 is 2.05 bits per heavy atom. The molecule has 0 aromatic heterocycles. The largest absolute Gasteiger partial charge is 0.354 e. The summed E-state index contributed by atoms with van der Waals surface area (Å²) in [7, 11) is 0. The lowest BCUT2D eigenvalue weighted by molar-refractivity contribution is -0.125. The summed E-state index contributed by atoms with van der Waals surface area (Å²) >= 11 is 0. The van der Waals surface area contributed by atoms with Gasteiger partial charge in [0, 0.05) is 12.6 Å². The van der Waals surface area contributed by atoms with Crippen molar-refractivity contribution in [2.75, 3.05) is 13.1 Å². The third-order valence-corrected chi connectivity index (χ3v) is 3.98. The zero-order chi connectivity index (χ0) is 13.7. The summed E-state index contributed by atoms with van der Waals surface area (Å²) in [4.78, 5) is 12.4. The molecule has 0 radical (unpaired) electrons. The van der Waals surface area contributed by atoms with Crippen molar-refractivity contribution in [3.8, 4) is 0 Å². The molecule has 1 heterocycles. The van der Waals surface area contributed by atoms with Crippen molar-refractivity contribution in [2.24, 2.45) is 0 Å². The molecule has 2 N–H and O–H groups in total. The summed E-state index contributed by atoms with van der Waals surface area (Å²) in [6.07, 6.45) is 3.67. The number of benzene rings is 1. The van der Waals surface area contributed by atoms with Crippen LogP contribution in [0.5, 0.6) is 0 Å². The van der Waals surface area contributed by atoms with Crippen LogP contribution in [-0.2, 0) is 10.2 Å². The van der Waals surface area contributed by atoms with E-state index in [-0.39, 0.29) is 5.91 Å². The van der Waals surface area contributed by atoms with E-state index >= 15 is 0 Å². The highest BCUT2D eigenvalue weighted by Crippen LogP contribution is 2.22. The third-order valence-electron chi connectivity index (χ3n) is 3.98. The highest BCUT2D eigenvalue weighted by Gasteiger charge is 2.29. The zero-order valence-corrected chi connectivity index (χ0v) is 11.9. The lowest BCUT2D eigenvalue weighted by atomic mass is 9.83. The number of hydrogen-bond acceptors (Lipinski definition) is 2. The average Bonchev–Trinajstić information content (AvgIpc) is 2.46. The zero-order valence-electron chi connectivity index (χ0n) is 11.9. The topological polar surface area (TPSA) is 41.1 Å². The molecule has 1 fully saturated rings. The summed E-state index contributed by atoms with van der Waals surface area (Å²) in [5, 5.41) is 6.54. The Balaban J connectivity index is 1.91. The summed E-state index contributed by atoms with van der Waals surface area (Å²) in [5.74, 6) is 0.103. The second-order valence-corrected chi connectivity index (χ2v) is 5.85. The first-order chi connectivity index (χ1) is 9.10. The van der Waals surface area contributed by atoms with Gasteiger partial charge in [-0.2, -0.15) is 0 Å². The van der Waals surface area contributed by atoms with Crippen LogP contribution in [0.3, 0.4) is 0 Å². The van der Waals surface area contributed by atoms with Crippen molar-refractivity contribution >= 4 is 5.91 Å². The van der Waals surface area contributed by atoms with Crippen LogP contribution in [0.4, 0.5) is 0 Å². The number of carbonyl (C=O) groups excluding carboxylic acids is 1. The van der Waals surface area contributed by atoms with Gasteiger partial charge in [0.25, 0.3) is 0 Å². The van der Waals surface area contributed by atoms with Gasteiger partial charge in [-0.1, -0.05) is 36.8 Å². The van der Waals surface area contributed by atoms with E-state index in [0.29, 0.717) is 6.04 Å². The first-order valence-corrected chi connectivity index (χ1v) is 7.18. The van der Waals surface area contributed by atoms with Gasteiger partial charge in [0.1, 0.15) is 0 Å². The molecule has 0 saturated carbocycles. The monoisotopic (exact) mass is 260 g/mol. The fourth-order valence-corrected chi connectivity index (χ4v) is 2.52. The van der Waals surface area contributed by atoms with Gasteiger partial charge >= 0.3 is 0 Å².